The van der Waals surface area contributed by atoms with Crippen molar-refractivity contribution < 1.29 is 23.9 Å². The number of benzene rings is 2. The van der Waals surface area contributed by atoms with Gasteiger partial charge in [-0.2, -0.15) is 0 Å². The van der Waals surface area contributed by atoms with E-state index in [0.29, 0.717) is 22.9 Å². The highest BCUT2D eigenvalue weighted by atomic mass is 16.5. The van der Waals surface area contributed by atoms with Crippen molar-refractivity contribution in [3.8, 4) is 11.5 Å². The van der Waals surface area contributed by atoms with Gasteiger partial charge in [0.05, 0.1) is 43.0 Å². The number of ether oxygens (including phenoxy) is 2. The molecule has 7 heteroatoms. The van der Waals surface area contributed by atoms with Gasteiger partial charge in [-0.05, 0) is 42.5 Å². The van der Waals surface area contributed by atoms with Gasteiger partial charge >= 0.3 is 0 Å². The number of para-hydroxylation sites is 1. The lowest BCUT2D eigenvalue weighted by Gasteiger charge is -2.20. The second-order valence-electron chi connectivity index (χ2n) is 8.05. The summed E-state index contributed by atoms with van der Waals surface area (Å²) in [5.74, 6) is -0.272. The molecule has 2 aliphatic carbocycles. The van der Waals surface area contributed by atoms with E-state index in [0.717, 1.165) is 6.42 Å². The number of carbonyl (C=O) groups excluding carboxylic acids is 3. The molecule has 1 heterocycles. The molecule has 3 aliphatic rings. The summed E-state index contributed by atoms with van der Waals surface area (Å²) in [7, 11) is 3.04. The lowest BCUT2D eigenvalue weighted by atomic mass is 9.85. The monoisotopic (exact) mass is 418 g/mol. The normalized spacial score (nSPS) is 25.7. The number of nitrogens with zero attached hydrogens (tertiary/aromatic N) is 1. The van der Waals surface area contributed by atoms with Crippen molar-refractivity contribution in [3.05, 3.63) is 60.2 Å². The third-order valence-corrected chi connectivity index (χ3v) is 6.51. The quantitative estimate of drug-likeness (QED) is 0.595. The van der Waals surface area contributed by atoms with E-state index < -0.39 is 5.91 Å². The number of imide groups is 1. The zero-order valence-electron chi connectivity index (χ0n) is 17.2. The predicted octanol–water partition coefficient (Wildman–Crippen LogP) is 3.27. The summed E-state index contributed by atoms with van der Waals surface area (Å²) in [6.07, 6.45) is 4.96. The molecule has 2 bridgehead atoms. The molecule has 1 saturated carbocycles. The molecule has 0 unspecified atom stereocenters. The van der Waals surface area contributed by atoms with E-state index in [1.165, 1.54) is 19.1 Å². The molecule has 0 spiro atoms. The average Bonchev–Trinajstić information content (AvgIpc) is 3.47. The third kappa shape index (κ3) is 2.91. The first-order valence-electron chi connectivity index (χ1n) is 10.2. The third-order valence-electron chi connectivity index (χ3n) is 6.51. The number of fused-ring (bicyclic) bond motifs is 5. The minimum Gasteiger partial charge on any atom is -0.497 e. The van der Waals surface area contributed by atoms with Crippen LogP contribution in [0.2, 0.25) is 0 Å². The number of amides is 3. The van der Waals surface area contributed by atoms with Crippen LogP contribution in [0.3, 0.4) is 0 Å². The topological polar surface area (TPSA) is 84.9 Å². The van der Waals surface area contributed by atoms with Gasteiger partial charge in [-0.3, -0.25) is 14.4 Å². The Morgan fingerprint density at radius 3 is 2.29 bits per heavy atom. The fraction of sp³-hybridized carbons (Fsp3) is 0.292. The molecular weight excluding hydrogens is 396 g/mol. The van der Waals surface area contributed by atoms with E-state index in [1.807, 2.05) is 12.2 Å². The Hall–Kier alpha value is -3.61. The van der Waals surface area contributed by atoms with Crippen LogP contribution in [0.4, 0.5) is 11.4 Å². The highest BCUT2D eigenvalue weighted by Gasteiger charge is 2.59. The van der Waals surface area contributed by atoms with E-state index in [1.54, 1.807) is 42.5 Å². The van der Waals surface area contributed by atoms with Crippen LogP contribution in [-0.2, 0) is 9.59 Å². The molecule has 5 rings (SSSR count). The van der Waals surface area contributed by atoms with Gasteiger partial charge in [0.25, 0.3) is 5.91 Å². The molecule has 7 nitrogen and oxygen atoms in total. The van der Waals surface area contributed by atoms with Crippen LogP contribution in [0, 0.1) is 23.7 Å². The first kappa shape index (κ1) is 19.4. The molecule has 3 amide bonds. The first-order valence-corrected chi connectivity index (χ1v) is 10.2. The van der Waals surface area contributed by atoms with Gasteiger partial charge in [-0.25, -0.2) is 4.90 Å². The Morgan fingerprint density at radius 2 is 1.65 bits per heavy atom. The standard InChI is InChI=1S/C24H22N2O5/c1-30-15-9-10-19(31-2)17(12-15)25-22(27)16-5-3-4-6-18(16)26-23(28)20-13-7-8-14(11-13)21(20)24(26)29/h3-10,12-14,20-21H,11H2,1-2H3,(H,25,27)/t13-,14+,20-,21+. The van der Waals surface area contributed by atoms with Crippen molar-refractivity contribution >= 4 is 29.1 Å². The van der Waals surface area contributed by atoms with Crippen LogP contribution in [-0.4, -0.2) is 31.9 Å². The molecular formula is C24H22N2O5. The molecule has 158 valence electrons. The number of nitrogens with one attached hydrogen (secondary N) is 1. The SMILES string of the molecule is COc1ccc(OC)c(NC(=O)c2ccccc2N2C(=O)[C@@H]3[C@H](C2=O)[C@@H]2C=C[C@H]3C2)c1. The molecule has 2 aromatic carbocycles. The summed E-state index contributed by atoms with van der Waals surface area (Å²) in [5, 5.41) is 2.82. The van der Waals surface area contributed by atoms with Crippen LogP contribution in [0.25, 0.3) is 0 Å². The van der Waals surface area contributed by atoms with Crippen molar-refractivity contribution in [1.82, 2.24) is 0 Å². The van der Waals surface area contributed by atoms with Gasteiger partial charge in [0.2, 0.25) is 11.8 Å². The summed E-state index contributed by atoms with van der Waals surface area (Å²) in [5.41, 5.74) is 0.986. The fourth-order valence-electron chi connectivity index (χ4n) is 5.10. The number of hydrogen-bond acceptors (Lipinski definition) is 5. The van der Waals surface area contributed by atoms with Gasteiger partial charge in [0.1, 0.15) is 11.5 Å². The summed E-state index contributed by atoms with van der Waals surface area (Å²) >= 11 is 0. The van der Waals surface area contributed by atoms with Crippen LogP contribution in [0.5, 0.6) is 11.5 Å². The van der Waals surface area contributed by atoms with E-state index in [4.69, 9.17) is 9.47 Å². The summed E-state index contributed by atoms with van der Waals surface area (Å²) in [4.78, 5) is 40.8. The summed E-state index contributed by atoms with van der Waals surface area (Å²) in [6, 6.07) is 11.8. The number of anilines is 2. The molecule has 4 atom stereocenters. The lowest BCUT2D eigenvalue weighted by Crippen LogP contribution is -2.34. The fourth-order valence-corrected chi connectivity index (χ4v) is 5.10. The number of hydrogen-bond donors (Lipinski definition) is 1. The highest BCUT2D eigenvalue weighted by molar-refractivity contribution is 6.25. The molecule has 1 aliphatic heterocycles. The van der Waals surface area contributed by atoms with Gasteiger partial charge in [-0.1, -0.05) is 24.3 Å². The largest absolute Gasteiger partial charge is 0.497 e. The van der Waals surface area contributed by atoms with Crippen LogP contribution in [0.1, 0.15) is 16.8 Å². The van der Waals surface area contributed by atoms with Gasteiger partial charge in [0.15, 0.2) is 0 Å². The summed E-state index contributed by atoms with van der Waals surface area (Å²) < 4.78 is 10.6. The molecule has 0 radical (unpaired) electrons. The molecule has 2 aromatic rings. The average molecular weight is 418 g/mol. The molecule has 1 N–H and O–H groups in total. The van der Waals surface area contributed by atoms with Crippen molar-refractivity contribution in [3.63, 3.8) is 0 Å². The predicted molar refractivity (Wildman–Crippen MR) is 114 cm³/mol. The number of carbonyl (C=O) groups is 3. The maximum absolute atomic E-state index is 13.2. The molecule has 2 fully saturated rings. The number of methoxy groups -OCH3 is 2. The Labute approximate surface area is 179 Å². The van der Waals surface area contributed by atoms with E-state index in [2.05, 4.69) is 5.32 Å². The number of allylic oxidation sites excluding steroid dienone is 2. The number of rotatable bonds is 5. The van der Waals surface area contributed by atoms with Gasteiger partial charge < -0.3 is 14.8 Å². The molecule has 1 saturated heterocycles. The Bertz CT molecular complexity index is 1090. The smallest absolute Gasteiger partial charge is 0.257 e. The summed E-state index contributed by atoms with van der Waals surface area (Å²) in [6.45, 7) is 0. The van der Waals surface area contributed by atoms with E-state index in [-0.39, 0.29) is 41.0 Å². The maximum Gasteiger partial charge on any atom is 0.257 e. The van der Waals surface area contributed by atoms with Crippen LogP contribution < -0.4 is 19.7 Å². The molecule has 31 heavy (non-hydrogen) atoms. The Kier molecular flexibility index (Phi) is 4.54. The second kappa shape index (κ2) is 7.27. The minimum absolute atomic E-state index is 0.110. The van der Waals surface area contributed by atoms with Gasteiger partial charge in [0, 0.05) is 6.07 Å². The Morgan fingerprint density at radius 1 is 0.968 bits per heavy atom. The zero-order chi connectivity index (χ0) is 21.7. The zero-order valence-corrected chi connectivity index (χ0v) is 17.2. The maximum atomic E-state index is 13.2. The van der Waals surface area contributed by atoms with Gasteiger partial charge in [-0.15, -0.1) is 0 Å². The van der Waals surface area contributed by atoms with Crippen molar-refractivity contribution in [2.24, 2.45) is 23.7 Å². The minimum atomic E-state index is -0.444. The lowest BCUT2D eigenvalue weighted by molar-refractivity contribution is -0.123. The Balaban J connectivity index is 1.48. The van der Waals surface area contributed by atoms with E-state index >= 15 is 0 Å². The van der Waals surface area contributed by atoms with E-state index in [9.17, 15) is 14.4 Å². The van der Waals surface area contributed by atoms with Crippen LogP contribution in [0.15, 0.2) is 54.6 Å². The van der Waals surface area contributed by atoms with Crippen molar-refractivity contribution in [2.45, 2.75) is 6.42 Å². The molecule has 0 aromatic heterocycles. The van der Waals surface area contributed by atoms with Crippen molar-refractivity contribution in [2.75, 3.05) is 24.4 Å². The highest BCUT2D eigenvalue weighted by Crippen LogP contribution is 2.53. The van der Waals surface area contributed by atoms with Crippen molar-refractivity contribution in [1.29, 1.82) is 0 Å². The van der Waals surface area contributed by atoms with Crippen LogP contribution >= 0.6 is 0 Å². The second-order valence-corrected chi connectivity index (χ2v) is 8.05. The first-order chi connectivity index (χ1) is 15.0.